The molecule has 1 atom stereocenters. The highest BCUT2D eigenvalue weighted by atomic mass is 15.3. The molecular weight excluding hydrogens is 212 g/mol. The first-order chi connectivity index (χ1) is 8.09. The Kier molecular flexibility index (Phi) is 3.72. The van der Waals surface area contributed by atoms with E-state index in [0.717, 1.165) is 18.8 Å². The molecular formula is C13H24N4. The van der Waals surface area contributed by atoms with Crippen molar-refractivity contribution in [1.82, 2.24) is 15.1 Å². The van der Waals surface area contributed by atoms with Crippen LogP contribution in [0, 0.1) is 13.8 Å². The van der Waals surface area contributed by atoms with Crippen LogP contribution in [-0.2, 0) is 0 Å². The second-order valence-electron chi connectivity index (χ2n) is 5.27. The average Bonchev–Trinajstić information content (AvgIpc) is 2.58. The predicted octanol–water partition coefficient (Wildman–Crippen LogP) is 2.24. The maximum absolute atomic E-state index is 4.61. The summed E-state index contributed by atoms with van der Waals surface area (Å²) in [5.74, 6) is 0. The van der Waals surface area contributed by atoms with Crippen LogP contribution in [0.1, 0.15) is 44.1 Å². The van der Waals surface area contributed by atoms with Gasteiger partial charge >= 0.3 is 0 Å². The number of nitrogens with zero attached hydrogens (tertiary/aromatic N) is 2. The van der Waals surface area contributed by atoms with Gasteiger partial charge in [0, 0.05) is 18.6 Å². The summed E-state index contributed by atoms with van der Waals surface area (Å²) in [6.45, 7) is 10.8. The molecule has 1 fully saturated rings. The zero-order valence-corrected chi connectivity index (χ0v) is 11.4. The third-order valence-corrected chi connectivity index (χ3v) is 3.46. The fourth-order valence-electron chi connectivity index (χ4n) is 2.55. The number of aromatic nitrogens is 2. The van der Waals surface area contributed by atoms with Crippen molar-refractivity contribution in [3.63, 3.8) is 0 Å². The number of hydrogen-bond donors (Lipinski definition) is 2. The van der Waals surface area contributed by atoms with Gasteiger partial charge in [-0.3, -0.25) is 4.68 Å². The molecule has 4 nitrogen and oxygen atoms in total. The highest BCUT2D eigenvalue weighted by Crippen LogP contribution is 2.24. The maximum atomic E-state index is 4.61. The predicted molar refractivity (Wildman–Crippen MR) is 71.6 cm³/mol. The Hall–Kier alpha value is -1.03. The molecule has 0 aromatic carbocycles. The minimum atomic E-state index is 0.425. The number of anilines is 1. The molecule has 96 valence electrons. The number of aryl methyl sites for hydroxylation is 1. The van der Waals surface area contributed by atoms with Crippen molar-refractivity contribution in [2.75, 3.05) is 18.4 Å². The molecule has 1 aliphatic rings. The van der Waals surface area contributed by atoms with Crippen molar-refractivity contribution in [3.05, 3.63) is 11.4 Å². The van der Waals surface area contributed by atoms with E-state index in [2.05, 4.69) is 48.1 Å². The number of hydrogen-bond acceptors (Lipinski definition) is 3. The van der Waals surface area contributed by atoms with Gasteiger partial charge in [-0.2, -0.15) is 5.10 Å². The Balaban J connectivity index is 2.14. The highest BCUT2D eigenvalue weighted by molar-refractivity contribution is 5.53. The molecule has 0 amide bonds. The SMILES string of the molecule is Cc1nn(C(C)C)c(C)c1NC1CCCNC1. The molecule has 2 rings (SSSR count). The van der Waals surface area contributed by atoms with E-state index in [-0.39, 0.29) is 0 Å². The Morgan fingerprint density at radius 3 is 2.71 bits per heavy atom. The van der Waals surface area contributed by atoms with Gasteiger partial charge in [-0.1, -0.05) is 0 Å². The molecule has 0 saturated carbocycles. The minimum Gasteiger partial charge on any atom is -0.378 e. The maximum Gasteiger partial charge on any atom is 0.0828 e. The Labute approximate surface area is 104 Å². The van der Waals surface area contributed by atoms with E-state index >= 15 is 0 Å². The minimum absolute atomic E-state index is 0.425. The van der Waals surface area contributed by atoms with E-state index in [4.69, 9.17) is 0 Å². The van der Waals surface area contributed by atoms with Crippen LogP contribution >= 0.6 is 0 Å². The van der Waals surface area contributed by atoms with Gasteiger partial charge in [0.25, 0.3) is 0 Å². The summed E-state index contributed by atoms with van der Waals surface area (Å²) in [5, 5.41) is 11.7. The highest BCUT2D eigenvalue weighted by Gasteiger charge is 2.18. The summed E-state index contributed by atoms with van der Waals surface area (Å²) in [6.07, 6.45) is 2.51. The van der Waals surface area contributed by atoms with Gasteiger partial charge in [-0.25, -0.2) is 0 Å². The zero-order valence-electron chi connectivity index (χ0n) is 11.4. The van der Waals surface area contributed by atoms with Gasteiger partial charge < -0.3 is 10.6 Å². The summed E-state index contributed by atoms with van der Waals surface area (Å²) in [6, 6.07) is 0.972. The molecule has 1 aromatic heterocycles. The van der Waals surface area contributed by atoms with Gasteiger partial charge in [0.2, 0.25) is 0 Å². The van der Waals surface area contributed by atoms with Crippen LogP contribution in [0.4, 0.5) is 5.69 Å². The molecule has 2 heterocycles. The summed E-state index contributed by atoms with van der Waals surface area (Å²) >= 11 is 0. The molecule has 0 aliphatic carbocycles. The summed E-state index contributed by atoms with van der Waals surface area (Å²) < 4.78 is 2.11. The van der Waals surface area contributed by atoms with Crippen LogP contribution in [0.15, 0.2) is 0 Å². The number of rotatable bonds is 3. The van der Waals surface area contributed by atoms with Crippen LogP contribution < -0.4 is 10.6 Å². The number of nitrogens with one attached hydrogen (secondary N) is 2. The first kappa shape index (κ1) is 12.4. The largest absolute Gasteiger partial charge is 0.378 e. The lowest BCUT2D eigenvalue weighted by molar-refractivity contribution is 0.479. The average molecular weight is 236 g/mol. The zero-order chi connectivity index (χ0) is 12.4. The molecule has 0 spiro atoms. The van der Waals surface area contributed by atoms with Crippen molar-refractivity contribution in [2.24, 2.45) is 0 Å². The Bertz CT molecular complexity index is 375. The molecule has 17 heavy (non-hydrogen) atoms. The van der Waals surface area contributed by atoms with Crippen molar-refractivity contribution < 1.29 is 0 Å². The summed E-state index contributed by atoms with van der Waals surface area (Å²) in [5.41, 5.74) is 3.59. The Morgan fingerprint density at radius 1 is 1.41 bits per heavy atom. The van der Waals surface area contributed by atoms with Gasteiger partial charge in [-0.15, -0.1) is 0 Å². The van der Waals surface area contributed by atoms with E-state index in [0.29, 0.717) is 12.1 Å². The molecule has 1 saturated heterocycles. The van der Waals surface area contributed by atoms with Crippen LogP contribution in [0.25, 0.3) is 0 Å². The molecule has 0 radical (unpaired) electrons. The van der Waals surface area contributed by atoms with E-state index < -0.39 is 0 Å². The lowest BCUT2D eigenvalue weighted by Gasteiger charge is -2.25. The fourth-order valence-corrected chi connectivity index (χ4v) is 2.55. The van der Waals surface area contributed by atoms with Crippen molar-refractivity contribution in [1.29, 1.82) is 0 Å². The van der Waals surface area contributed by atoms with Crippen molar-refractivity contribution >= 4 is 5.69 Å². The molecule has 2 N–H and O–H groups in total. The third-order valence-electron chi connectivity index (χ3n) is 3.46. The second kappa shape index (κ2) is 5.08. The van der Waals surface area contributed by atoms with Gasteiger partial charge in [0.05, 0.1) is 17.1 Å². The topological polar surface area (TPSA) is 41.9 Å². The van der Waals surface area contributed by atoms with E-state index in [9.17, 15) is 0 Å². The normalized spacial score (nSPS) is 20.9. The quantitative estimate of drug-likeness (QED) is 0.846. The molecule has 1 aromatic rings. The van der Waals surface area contributed by atoms with Crippen molar-refractivity contribution in [2.45, 2.75) is 52.6 Å². The monoisotopic (exact) mass is 236 g/mol. The van der Waals surface area contributed by atoms with E-state index in [1.165, 1.54) is 24.2 Å². The van der Waals surface area contributed by atoms with E-state index in [1.54, 1.807) is 0 Å². The smallest absolute Gasteiger partial charge is 0.0828 e. The summed E-state index contributed by atoms with van der Waals surface area (Å²) in [7, 11) is 0. The van der Waals surface area contributed by atoms with Crippen LogP contribution in [0.3, 0.4) is 0 Å². The standard InChI is InChI=1S/C13H24N4/c1-9(2)17-11(4)13(10(3)16-17)15-12-6-5-7-14-8-12/h9,12,14-15H,5-8H2,1-4H3. The first-order valence-corrected chi connectivity index (χ1v) is 6.62. The molecule has 1 aliphatic heterocycles. The Morgan fingerprint density at radius 2 is 2.18 bits per heavy atom. The first-order valence-electron chi connectivity index (χ1n) is 6.62. The van der Waals surface area contributed by atoms with Crippen LogP contribution in [-0.4, -0.2) is 28.9 Å². The lowest BCUT2D eigenvalue weighted by atomic mass is 10.1. The fraction of sp³-hybridized carbons (Fsp3) is 0.769. The number of piperidine rings is 1. The van der Waals surface area contributed by atoms with Gasteiger partial charge in [0.15, 0.2) is 0 Å². The third kappa shape index (κ3) is 2.63. The molecule has 1 unspecified atom stereocenters. The van der Waals surface area contributed by atoms with Gasteiger partial charge in [0.1, 0.15) is 0 Å². The van der Waals surface area contributed by atoms with E-state index in [1.807, 2.05) is 0 Å². The molecule has 0 bridgehead atoms. The van der Waals surface area contributed by atoms with Crippen LogP contribution in [0.2, 0.25) is 0 Å². The van der Waals surface area contributed by atoms with Gasteiger partial charge in [-0.05, 0) is 47.1 Å². The molecule has 4 heteroatoms. The van der Waals surface area contributed by atoms with Crippen LogP contribution in [0.5, 0.6) is 0 Å². The lowest BCUT2D eigenvalue weighted by Crippen LogP contribution is -2.38. The van der Waals surface area contributed by atoms with Crippen molar-refractivity contribution in [3.8, 4) is 0 Å². The summed E-state index contributed by atoms with van der Waals surface area (Å²) in [4.78, 5) is 0. The second-order valence-corrected chi connectivity index (χ2v) is 5.27.